The van der Waals surface area contributed by atoms with Crippen molar-refractivity contribution in [2.24, 2.45) is 5.92 Å². The first-order chi connectivity index (χ1) is 9.75. The summed E-state index contributed by atoms with van der Waals surface area (Å²) in [5.74, 6) is 0.710. The van der Waals surface area contributed by atoms with Gasteiger partial charge in [-0.2, -0.15) is 0 Å². The first-order valence-electron chi connectivity index (χ1n) is 7.69. The first-order valence-corrected chi connectivity index (χ1v) is 8.45. The van der Waals surface area contributed by atoms with Crippen molar-refractivity contribution in [3.05, 3.63) is 28.2 Å². The topological polar surface area (TPSA) is 24.1 Å². The molecule has 110 valence electrons. The second kappa shape index (κ2) is 6.55. The normalized spacial score (nSPS) is 30.4. The second-order valence-electron chi connectivity index (χ2n) is 6.00. The molecule has 2 fully saturated rings. The standard InChI is InChI=1S/C16H22Cl2N2/c17-12-6-3-8-15(16(12)18)20-14-7-2-1-5-11(14)13-9-4-10-19-13/h3,6,8,11,13-14,19-20H,1-2,4-5,7,9-10H2. The Bertz CT molecular complexity index is 458. The van der Waals surface area contributed by atoms with Gasteiger partial charge in [0.25, 0.3) is 0 Å². The Morgan fingerprint density at radius 2 is 1.90 bits per heavy atom. The fourth-order valence-electron chi connectivity index (χ4n) is 3.71. The zero-order chi connectivity index (χ0) is 13.9. The molecule has 1 heterocycles. The summed E-state index contributed by atoms with van der Waals surface area (Å²) in [5, 5.41) is 8.61. The van der Waals surface area contributed by atoms with E-state index in [9.17, 15) is 0 Å². The molecule has 0 spiro atoms. The van der Waals surface area contributed by atoms with Gasteiger partial charge in [-0.1, -0.05) is 42.1 Å². The van der Waals surface area contributed by atoms with E-state index in [1.165, 1.54) is 45.1 Å². The maximum Gasteiger partial charge on any atom is 0.0823 e. The van der Waals surface area contributed by atoms with Crippen molar-refractivity contribution in [3.8, 4) is 0 Å². The molecule has 3 rings (SSSR count). The molecule has 0 radical (unpaired) electrons. The summed E-state index contributed by atoms with van der Waals surface area (Å²) in [5.41, 5.74) is 0.981. The number of benzene rings is 1. The molecule has 20 heavy (non-hydrogen) atoms. The Labute approximate surface area is 131 Å². The third-order valence-electron chi connectivity index (χ3n) is 4.73. The maximum absolute atomic E-state index is 6.31. The molecule has 1 saturated carbocycles. The van der Waals surface area contributed by atoms with Gasteiger partial charge in [0.1, 0.15) is 0 Å². The molecule has 1 aromatic carbocycles. The van der Waals surface area contributed by atoms with Crippen LogP contribution in [0.3, 0.4) is 0 Å². The summed E-state index contributed by atoms with van der Waals surface area (Å²) in [6.45, 7) is 1.17. The Hall–Kier alpha value is -0.440. The SMILES string of the molecule is Clc1cccc(NC2CCCCC2C2CCCN2)c1Cl. The van der Waals surface area contributed by atoms with E-state index in [0.717, 1.165) is 5.69 Å². The Kier molecular flexibility index (Phi) is 4.75. The molecule has 1 aliphatic heterocycles. The lowest BCUT2D eigenvalue weighted by molar-refractivity contribution is 0.263. The summed E-state index contributed by atoms with van der Waals surface area (Å²) >= 11 is 12.4. The van der Waals surface area contributed by atoms with Crippen LogP contribution in [0.15, 0.2) is 18.2 Å². The average Bonchev–Trinajstić information content (AvgIpc) is 2.98. The molecular weight excluding hydrogens is 291 g/mol. The summed E-state index contributed by atoms with van der Waals surface area (Å²) in [7, 11) is 0. The predicted octanol–water partition coefficient (Wildman–Crippen LogP) is 4.72. The summed E-state index contributed by atoms with van der Waals surface area (Å²) < 4.78 is 0. The van der Waals surface area contributed by atoms with Gasteiger partial charge in [-0.05, 0) is 50.3 Å². The van der Waals surface area contributed by atoms with Crippen LogP contribution in [0, 0.1) is 5.92 Å². The van der Waals surface area contributed by atoms with E-state index < -0.39 is 0 Å². The number of hydrogen-bond donors (Lipinski definition) is 2. The summed E-state index contributed by atoms with van der Waals surface area (Å²) in [6.07, 6.45) is 7.82. The van der Waals surface area contributed by atoms with Gasteiger partial charge in [0.2, 0.25) is 0 Å². The molecule has 0 amide bonds. The fraction of sp³-hybridized carbons (Fsp3) is 0.625. The van der Waals surface area contributed by atoms with Gasteiger partial charge < -0.3 is 10.6 Å². The minimum Gasteiger partial charge on any atom is -0.381 e. The fourth-order valence-corrected chi connectivity index (χ4v) is 4.07. The number of anilines is 1. The van der Waals surface area contributed by atoms with Gasteiger partial charge >= 0.3 is 0 Å². The molecule has 2 aliphatic rings. The molecule has 3 unspecified atom stereocenters. The quantitative estimate of drug-likeness (QED) is 0.844. The first kappa shape index (κ1) is 14.5. The lowest BCUT2D eigenvalue weighted by Crippen LogP contribution is -2.43. The van der Waals surface area contributed by atoms with Crippen LogP contribution in [0.1, 0.15) is 38.5 Å². The monoisotopic (exact) mass is 312 g/mol. The van der Waals surface area contributed by atoms with E-state index in [1.807, 2.05) is 18.2 Å². The maximum atomic E-state index is 6.31. The van der Waals surface area contributed by atoms with Crippen LogP contribution < -0.4 is 10.6 Å². The van der Waals surface area contributed by atoms with Crippen LogP contribution in [0.25, 0.3) is 0 Å². The highest BCUT2D eigenvalue weighted by atomic mass is 35.5. The molecule has 1 saturated heterocycles. The number of halogens is 2. The van der Waals surface area contributed by atoms with Crippen molar-refractivity contribution >= 4 is 28.9 Å². The molecule has 3 atom stereocenters. The van der Waals surface area contributed by atoms with Crippen molar-refractivity contribution < 1.29 is 0 Å². The van der Waals surface area contributed by atoms with E-state index in [1.54, 1.807) is 0 Å². The van der Waals surface area contributed by atoms with Crippen LogP contribution >= 0.6 is 23.2 Å². The van der Waals surface area contributed by atoms with E-state index in [0.29, 0.717) is 28.0 Å². The lowest BCUT2D eigenvalue weighted by Gasteiger charge is -2.37. The molecule has 2 N–H and O–H groups in total. The van der Waals surface area contributed by atoms with Gasteiger partial charge in [-0.25, -0.2) is 0 Å². The van der Waals surface area contributed by atoms with Crippen LogP contribution in [0.4, 0.5) is 5.69 Å². The molecule has 1 aliphatic carbocycles. The van der Waals surface area contributed by atoms with Crippen LogP contribution in [0.2, 0.25) is 10.0 Å². The van der Waals surface area contributed by atoms with E-state index in [4.69, 9.17) is 23.2 Å². The minimum atomic E-state index is 0.510. The van der Waals surface area contributed by atoms with E-state index in [-0.39, 0.29) is 0 Å². The van der Waals surface area contributed by atoms with Gasteiger partial charge in [0, 0.05) is 12.1 Å². The predicted molar refractivity (Wildman–Crippen MR) is 86.9 cm³/mol. The lowest BCUT2D eigenvalue weighted by atomic mass is 9.79. The van der Waals surface area contributed by atoms with Gasteiger partial charge in [0.15, 0.2) is 0 Å². The van der Waals surface area contributed by atoms with E-state index in [2.05, 4.69) is 10.6 Å². The zero-order valence-corrected chi connectivity index (χ0v) is 13.2. The minimum absolute atomic E-state index is 0.510. The van der Waals surface area contributed by atoms with Gasteiger partial charge in [-0.15, -0.1) is 0 Å². The molecule has 0 bridgehead atoms. The molecule has 1 aromatic rings. The average molecular weight is 313 g/mol. The van der Waals surface area contributed by atoms with Gasteiger partial charge in [0.05, 0.1) is 15.7 Å². The third-order valence-corrected chi connectivity index (χ3v) is 5.55. The van der Waals surface area contributed by atoms with E-state index >= 15 is 0 Å². The highest BCUT2D eigenvalue weighted by molar-refractivity contribution is 6.43. The van der Waals surface area contributed by atoms with Crippen molar-refractivity contribution in [1.82, 2.24) is 5.32 Å². The van der Waals surface area contributed by atoms with Crippen molar-refractivity contribution in [2.45, 2.75) is 50.6 Å². The van der Waals surface area contributed by atoms with Crippen molar-refractivity contribution in [2.75, 3.05) is 11.9 Å². The van der Waals surface area contributed by atoms with Crippen molar-refractivity contribution in [1.29, 1.82) is 0 Å². The highest BCUT2D eigenvalue weighted by Crippen LogP contribution is 2.36. The van der Waals surface area contributed by atoms with Crippen molar-refractivity contribution in [3.63, 3.8) is 0 Å². The molecule has 4 heteroatoms. The Morgan fingerprint density at radius 3 is 2.70 bits per heavy atom. The Morgan fingerprint density at radius 1 is 1.05 bits per heavy atom. The molecule has 2 nitrogen and oxygen atoms in total. The highest BCUT2D eigenvalue weighted by Gasteiger charge is 2.33. The second-order valence-corrected chi connectivity index (χ2v) is 6.79. The largest absolute Gasteiger partial charge is 0.381 e. The summed E-state index contributed by atoms with van der Waals surface area (Å²) in [4.78, 5) is 0. The number of nitrogens with one attached hydrogen (secondary N) is 2. The number of hydrogen-bond acceptors (Lipinski definition) is 2. The van der Waals surface area contributed by atoms with Gasteiger partial charge in [-0.3, -0.25) is 0 Å². The van der Waals surface area contributed by atoms with Crippen LogP contribution in [-0.4, -0.2) is 18.6 Å². The zero-order valence-electron chi connectivity index (χ0n) is 11.7. The van der Waals surface area contributed by atoms with Crippen LogP contribution in [0.5, 0.6) is 0 Å². The third kappa shape index (κ3) is 3.08. The molecular formula is C16H22Cl2N2. The smallest absolute Gasteiger partial charge is 0.0823 e. The Balaban J connectivity index is 1.74. The summed E-state index contributed by atoms with van der Waals surface area (Å²) in [6, 6.07) is 7.01. The van der Waals surface area contributed by atoms with Crippen LogP contribution in [-0.2, 0) is 0 Å². The number of rotatable bonds is 3. The molecule has 0 aromatic heterocycles.